The first-order chi connectivity index (χ1) is 20.1. The van der Waals surface area contributed by atoms with Crippen molar-refractivity contribution in [3.05, 3.63) is 0 Å². The van der Waals surface area contributed by atoms with Crippen LogP contribution in [0.5, 0.6) is 0 Å². The van der Waals surface area contributed by atoms with E-state index in [2.05, 4.69) is 41.5 Å². The van der Waals surface area contributed by atoms with E-state index in [0.29, 0.717) is 0 Å². The average Bonchev–Trinajstić information content (AvgIpc) is 2.98. The Hall–Kier alpha value is 1.15. The summed E-state index contributed by atoms with van der Waals surface area (Å²) in [5.41, 5.74) is 0. The zero-order chi connectivity index (χ0) is 30.3. The molecule has 0 aromatic heterocycles. The van der Waals surface area contributed by atoms with Crippen molar-refractivity contribution in [2.45, 2.75) is 232 Å². The summed E-state index contributed by atoms with van der Waals surface area (Å²) in [6, 6.07) is 8.54. The first kappa shape index (κ1) is 42.2. The molecule has 0 aliphatic rings. The molecular weight excluding hydrogens is 639 g/mol. The fraction of sp³-hybridized carbons (Fsp3) is 1.00. The fourth-order valence-corrected chi connectivity index (χ4v) is 23.8. The molecule has 0 fully saturated rings. The van der Waals surface area contributed by atoms with E-state index < -0.39 is 38.6 Å². The van der Waals surface area contributed by atoms with E-state index in [0.717, 1.165) is 0 Å². The molecule has 0 saturated heterocycles. The summed E-state index contributed by atoms with van der Waals surface area (Å²) in [5.74, 6) is 0. The van der Waals surface area contributed by atoms with Crippen LogP contribution in [0.3, 0.4) is 0 Å². The van der Waals surface area contributed by atoms with Crippen molar-refractivity contribution in [1.29, 1.82) is 0 Å². The van der Waals surface area contributed by atoms with Gasteiger partial charge in [-0.2, -0.15) is 0 Å². The van der Waals surface area contributed by atoms with Crippen LogP contribution in [-0.4, -0.2) is 38.6 Å². The van der Waals surface area contributed by atoms with Gasteiger partial charge in [0, 0.05) is 0 Å². The summed E-state index contributed by atoms with van der Waals surface area (Å²) in [5, 5.41) is 0. The van der Waals surface area contributed by atoms with E-state index >= 15 is 0 Å². The Morgan fingerprint density at radius 1 is 0.293 bits per heavy atom. The number of rotatable bonds is 34. The zero-order valence-corrected chi connectivity index (χ0v) is 34.4. The summed E-state index contributed by atoms with van der Waals surface area (Å²) in [6.07, 6.45) is 33.4. The quantitative estimate of drug-likeness (QED) is 0.0487. The van der Waals surface area contributed by atoms with Crippen LogP contribution < -0.4 is 0 Å². The van der Waals surface area contributed by atoms with Crippen LogP contribution in [0, 0.1) is 0 Å². The van der Waals surface area contributed by atoms with Gasteiger partial charge in [-0.05, 0) is 0 Å². The van der Waals surface area contributed by atoms with E-state index in [1.807, 2.05) is 0 Å². The standard InChI is InChI=1S/2C18H39OSi.Sn/c2*1-4-7-10-13-16-20(19,17-14-11-8-5-2)18-15-12-9-6-3;/h2*4-18H2,1-3H3;/q2*-1;+4. The van der Waals surface area contributed by atoms with Crippen LogP contribution in [-0.2, 0) is 5.53 Å². The second kappa shape index (κ2) is 31.1. The summed E-state index contributed by atoms with van der Waals surface area (Å²) in [4.78, 5) is 0. The topological polar surface area (TPSA) is 18.5 Å². The third-order valence-corrected chi connectivity index (χ3v) is 26.9. The van der Waals surface area contributed by atoms with Gasteiger partial charge in [0.1, 0.15) is 0 Å². The molecule has 41 heavy (non-hydrogen) atoms. The third kappa shape index (κ3) is 24.1. The van der Waals surface area contributed by atoms with E-state index in [9.17, 15) is 0 Å². The predicted octanol–water partition coefficient (Wildman–Crippen LogP) is 13.9. The van der Waals surface area contributed by atoms with Gasteiger partial charge in [-0.3, -0.25) is 0 Å². The average molecular weight is 718 g/mol. The van der Waals surface area contributed by atoms with Gasteiger partial charge in [-0.25, -0.2) is 0 Å². The molecule has 0 N–H and O–H groups in total. The second-order valence-electron chi connectivity index (χ2n) is 13.5. The Bertz CT molecular complexity index is 413. The normalized spacial score (nSPS) is 12.2. The molecule has 0 aliphatic heterocycles. The van der Waals surface area contributed by atoms with E-state index in [4.69, 9.17) is 5.53 Å². The van der Waals surface area contributed by atoms with Gasteiger partial charge in [-0.15, -0.1) is 0 Å². The van der Waals surface area contributed by atoms with Gasteiger partial charge in [-0.1, -0.05) is 0 Å². The second-order valence-corrected chi connectivity index (χ2v) is 25.6. The molecule has 0 bridgehead atoms. The van der Waals surface area contributed by atoms with Gasteiger partial charge in [0.05, 0.1) is 0 Å². The Morgan fingerprint density at radius 2 is 0.488 bits per heavy atom. The SMILES string of the molecule is CCCCCC[Si](CCCCCC)(CCCCCC)[O][Sn+2][O][Si](CCCCCC)(CCCCCC)CCCCCC. The van der Waals surface area contributed by atoms with Crippen LogP contribution in [0.4, 0.5) is 0 Å². The number of unbranched alkanes of at least 4 members (excludes halogenated alkanes) is 18. The van der Waals surface area contributed by atoms with Crippen LogP contribution in [0.1, 0.15) is 196 Å². The molecule has 0 aliphatic carbocycles. The van der Waals surface area contributed by atoms with Gasteiger partial charge in [0.15, 0.2) is 0 Å². The maximum atomic E-state index is 7.43. The van der Waals surface area contributed by atoms with Gasteiger partial charge >= 0.3 is 276 Å². The van der Waals surface area contributed by atoms with Crippen molar-refractivity contribution in [2.75, 3.05) is 0 Å². The van der Waals surface area contributed by atoms with Crippen molar-refractivity contribution < 1.29 is 5.53 Å². The molecule has 0 aromatic rings. The summed E-state index contributed by atoms with van der Waals surface area (Å²) in [7, 11) is -3.41. The molecule has 0 spiro atoms. The first-order valence-corrected chi connectivity index (χ1v) is 26.6. The van der Waals surface area contributed by atoms with Gasteiger partial charge in [0.25, 0.3) is 0 Å². The molecule has 2 nitrogen and oxygen atoms in total. The monoisotopic (exact) mass is 718 g/mol. The molecule has 0 atom stereocenters. The molecule has 0 rings (SSSR count). The molecule has 0 heterocycles. The molecule has 0 radical (unpaired) electrons. The summed E-state index contributed by atoms with van der Waals surface area (Å²) < 4.78 is 14.9. The van der Waals surface area contributed by atoms with Gasteiger partial charge < -0.3 is 0 Å². The zero-order valence-electron chi connectivity index (χ0n) is 29.5. The Labute approximate surface area is 274 Å². The third-order valence-electron chi connectivity index (χ3n) is 9.43. The van der Waals surface area contributed by atoms with Crippen molar-refractivity contribution in [1.82, 2.24) is 0 Å². The van der Waals surface area contributed by atoms with Crippen molar-refractivity contribution >= 4 is 38.6 Å². The molecule has 0 unspecified atom stereocenters. The van der Waals surface area contributed by atoms with Crippen LogP contribution >= 0.6 is 0 Å². The minimum absolute atomic E-state index is 1.26. The maximum absolute atomic E-state index is 7.43. The Kier molecular flexibility index (Phi) is 32.0. The molecule has 244 valence electrons. The molecule has 0 amide bonds. The van der Waals surface area contributed by atoms with Crippen molar-refractivity contribution in [3.63, 3.8) is 0 Å². The number of hydrogen-bond acceptors (Lipinski definition) is 2. The van der Waals surface area contributed by atoms with Crippen molar-refractivity contribution in [3.8, 4) is 0 Å². The summed E-state index contributed by atoms with van der Waals surface area (Å²) >= 11 is -1.26. The first-order valence-electron chi connectivity index (χ1n) is 19.2. The van der Waals surface area contributed by atoms with Crippen molar-refractivity contribution in [2.24, 2.45) is 0 Å². The molecule has 5 heteroatoms. The van der Waals surface area contributed by atoms with E-state index in [1.165, 1.54) is 190 Å². The van der Waals surface area contributed by atoms with E-state index in [-0.39, 0.29) is 0 Å². The van der Waals surface area contributed by atoms with Crippen LogP contribution in [0.15, 0.2) is 0 Å². The van der Waals surface area contributed by atoms with Gasteiger partial charge in [0.2, 0.25) is 0 Å². The molecular formula is C36H78O2Si2Sn+2. The number of hydrogen-bond donors (Lipinski definition) is 0. The van der Waals surface area contributed by atoms with Crippen LogP contribution in [0.2, 0.25) is 36.3 Å². The minimum atomic E-state index is -1.70. The predicted molar refractivity (Wildman–Crippen MR) is 193 cm³/mol. The molecule has 0 aromatic carbocycles. The summed E-state index contributed by atoms with van der Waals surface area (Å²) in [6.45, 7) is 14.1. The Morgan fingerprint density at radius 3 is 0.659 bits per heavy atom. The van der Waals surface area contributed by atoms with E-state index in [1.54, 1.807) is 0 Å². The fourth-order valence-electron chi connectivity index (χ4n) is 6.50. The molecule has 0 saturated carbocycles. The Balaban J connectivity index is 5.70. The van der Waals surface area contributed by atoms with Crippen LogP contribution in [0.25, 0.3) is 0 Å².